The first-order valence-electron chi connectivity index (χ1n) is 7.92. The van der Waals surface area contributed by atoms with E-state index in [1.54, 1.807) is 21.7 Å². The van der Waals surface area contributed by atoms with Crippen LogP contribution in [0.4, 0.5) is 0 Å². The molecule has 1 atom stereocenters. The lowest BCUT2D eigenvalue weighted by atomic mass is 10.0. The van der Waals surface area contributed by atoms with Crippen molar-refractivity contribution < 1.29 is 4.79 Å². The zero-order chi connectivity index (χ0) is 17.4. The van der Waals surface area contributed by atoms with Gasteiger partial charge in [0.05, 0.1) is 22.6 Å². The normalized spacial score (nSPS) is 12.4. The van der Waals surface area contributed by atoms with E-state index < -0.39 is 0 Å². The Hall–Kier alpha value is -2.27. The summed E-state index contributed by atoms with van der Waals surface area (Å²) in [6.45, 7) is 8.05. The van der Waals surface area contributed by atoms with Crippen LogP contribution < -0.4 is 0 Å². The molecule has 0 aliphatic carbocycles. The maximum Gasteiger partial charge on any atom is 0.254 e. The second kappa shape index (κ2) is 6.32. The summed E-state index contributed by atoms with van der Waals surface area (Å²) in [6.07, 6.45) is 1.82. The molecule has 3 rings (SSSR count). The maximum atomic E-state index is 13.2. The Morgan fingerprint density at radius 1 is 1.21 bits per heavy atom. The second-order valence-corrected chi connectivity index (χ2v) is 7.20. The number of pyridine rings is 1. The number of aromatic nitrogens is 2. The first kappa shape index (κ1) is 16.6. The number of aryl methyl sites for hydroxylation is 3. The minimum Gasteiger partial charge on any atom is -0.334 e. The quantitative estimate of drug-likeness (QED) is 0.708. The topological polar surface area (TPSA) is 46.1 Å². The van der Waals surface area contributed by atoms with Crippen LogP contribution in [0.3, 0.4) is 0 Å². The molecule has 1 unspecified atom stereocenters. The van der Waals surface area contributed by atoms with Crippen molar-refractivity contribution in [2.24, 2.45) is 0 Å². The molecule has 2 heterocycles. The predicted molar refractivity (Wildman–Crippen MR) is 98.6 cm³/mol. The van der Waals surface area contributed by atoms with Gasteiger partial charge in [-0.2, -0.15) is 0 Å². The minimum absolute atomic E-state index is 0.0106. The highest BCUT2D eigenvalue weighted by Gasteiger charge is 2.22. The largest absolute Gasteiger partial charge is 0.334 e. The molecule has 0 aliphatic rings. The molecule has 0 aliphatic heterocycles. The van der Waals surface area contributed by atoms with Gasteiger partial charge in [0.25, 0.3) is 5.91 Å². The molecule has 0 fully saturated rings. The van der Waals surface area contributed by atoms with Crippen LogP contribution in [0.1, 0.15) is 45.0 Å². The summed E-state index contributed by atoms with van der Waals surface area (Å²) in [5, 5.41) is 0.923. The van der Waals surface area contributed by atoms with E-state index in [1.165, 1.54) is 0 Å². The summed E-state index contributed by atoms with van der Waals surface area (Å²) in [6, 6.07) is 6.03. The van der Waals surface area contributed by atoms with Crippen LogP contribution in [-0.4, -0.2) is 27.8 Å². The van der Waals surface area contributed by atoms with Crippen molar-refractivity contribution in [1.82, 2.24) is 14.9 Å². The number of carbonyl (C=O) groups is 1. The number of carbonyl (C=O) groups excluding carboxylic acids is 1. The van der Waals surface area contributed by atoms with Gasteiger partial charge in [0.1, 0.15) is 0 Å². The number of hydrogen-bond acceptors (Lipinski definition) is 4. The van der Waals surface area contributed by atoms with Crippen molar-refractivity contribution >= 4 is 28.1 Å². The molecule has 4 nitrogen and oxygen atoms in total. The van der Waals surface area contributed by atoms with Gasteiger partial charge in [-0.25, -0.2) is 0 Å². The molecule has 0 saturated carbocycles. The third kappa shape index (κ3) is 2.91. The molecular formula is C19H21N3OS. The molecule has 3 aromatic rings. The Morgan fingerprint density at radius 2 is 1.96 bits per heavy atom. The molecule has 0 bridgehead atoms. The summed E-state index contributed by atoms with van der Waals surface area (Å²) in [5.74, 6) is 0.0106. The van der Waals surface area contributed by atoms with Crippen LogP contribution in [0.2, 0.25) is 0 Å². The second-order valence-electron chi connectivity index (χ2n) is 6.29. The Bertz CT molecular complexity index is 903. The van der Waals surface area contributed by atoms with Gasteiger partial charge in [-0.05, 0) is 45.4 Å². The molecule has 0 saturated heterocycles. The first-order chi connectivity index (χ1) is 11.4. The number of nitrogens with zero attached hydrogens (tertiary/aromatic N) is 3. The van der Waals surface area contributed by atoms with Gasteiger partial charge in [-0.1, -0.05) is 11.6 Å². The van der Waals surface area contributed by atoms with Crippen LogP contribution in [0.15, 0.2) is 29.9 Å². The van der Waals surface area contributed by atoms with Gasteiger partial charge < -0.3 is 4.90 Å². The van der Waals surface area contributed by atoms with Crippen molar-refractivity contribution in [1.29, 1.82) is 0 Å². The predicted octanol–water partition coefficient (Wildman–Crippen LogP) is 4.45. The molecular weight excluding hydrogens is 318 g/mol. The number of benzene rings is 1. The lowest BCUT2D eigenvalue weighted by Gasteiger charge is -2.24. The number of thiazole rings is 1. The lowest BCUT2D eigenvalue weighted by molar-refractivity contribution is 0.0746. The highest BCUT2D eigenvalue weighted by molar-refractivity contribution is 7.09. The average molecular weight is 339 g/mol. The Balaban J connectivity index is 2.09. The standard InChI is InChI=1S/C19H21N3OS/c1-11-6-12(2)18-15(7-11)16(8-13(3)21-18)19(23)22(5)14(4)17-9-20-10-24-17/h6-10,14H,1-5H3. The summed E-state index contributed by atoms with van der Waals surface area (Å²) in [5.41, 5.74) is 6.50. The van der Waals surface area contributed by atoms with Gasteiger partial charge in [-0.3, -0.25) is 14.8 Å². The van der Waals surface area contributed by atoms with Gasteiger partial charge >= 0.3 is 0 Å². The first-order valence-corrected chi connectivity index (χ1v) is 8.80. The van der Waals surface area contributed by atoms with E-state index in [0.29, 0.717) is 5.56 Å². The lowest BCUT2D eigenvalue weighted by Crippen LogP contribution is -2.29. The van der Waals surface area contributed by atoms with Crippen LogP contribution in [0.25, 0.3) is 10.9 Å². The van der Waals surface area contributed by atoms with Crippen molar-refractivity contribution in [3.63, 3.8) is 0 Å². The summed E-state index contributed by atoms with van der Waals surface area (Å²) in [7, 11) is 1.84. The Kier molecular flexibility index (Phi) is 4.37. The number of hydrogen-bond donors (Lipinski definition) is 0. The fourth-order valence-electron chi connectivity index (χ4n) is 2.97. The smallest absolute Gasteiger partial charge is 0.254 e. The number of amides is 1. The van der Waals surface area contributed by atoms with E-state index in [2.05, 4.69) is 16.0 Å². The fraction of sp³-hybridized carbons (Fsp3) is 0.316. The molecule has 5 heteroatoms. The van der Waals surface area contributed by atoms with E-state index in [4.69, 9.17) is 0 Å². The van der Waals surface area contributed by atoms with Crippen molar-refractivity contribution in [2.75, 3.05) is 7.05 Å². The van der Waals surface area contributed by atoms with Crippen LogP contribution in [0.5, 0.6) is 0 Å². The highest BCUT2D eigenvalue weighted by atomic mass is 32.1. The van der Waals surface area contributed by atoms with Crippen molar-refractivity contribution in [3.05, 3.63) is 57.2 Å². The van der Waals surface area contributed by atoms with Gasteiger partial charge in [-0.15, -0.1) is 11.3 Å². The summed E-state index contributed by atoms with van der Waals surface area (Å²) < 4.78 is 0. The Labute approximate surface area is 146 Å². The van der Waals surface area contributed by atoms with E-state index >= 15 is 0 Å². The van der Waals surface area contributed by atoms with Gasteiger partial charge in [0, 0.05) is 29.2 Å². The molecule has 2 aromatic heterocycles. The zero-order valence-corrected chi connectivity index (χ0v) is 15.4. The van der Waals surface area contributed by atoms with Crippen molar-refractivity contribution in [3.8, 4) is 0 Å². The fourth-order valence-corrected chi connectivity index (χ4v) is 3.69. The summed E-state index contributed by atoms with van der Waals surface area (Å²) in [4.78, 5) is 24.8. The molecule has 1 aromatic carbocycles. The molecule has 0 N–H and O–H groups in total. The maximum absolute atomic E-state index is 13.2. The molecule has 1 amide bonds. The number of rotatable bonds is 3. The molecule has 0 spiro atoms. The summed E-state index contributed by atoms with van der Waals surface area (Å²) >= 11 is 1.57. The van der Waals surface area contributed by atoms with E-state index in [1.807, 2.05) is 53.1 Å². The van der Waals surface area contributed by atoms with E-state index in [-0.39, 0.29) is 11.9 Å². The van der Waals surface area contributed by atoms with E-state index in [0.717, 1.165) is 32.6 Å². The third-order valence-corrected chi connectivity index (χ3v) is 5.32. The minimum atomic E-state index is -0.0144. The molecule has 0 radical (unpaired) electrons. The van der Waals surface area contributed by atoms with Crippen LogP contribution in [-0.2, 0) is 0 Å². The molecule has 124 valence electrons. The van der Waals surface area contributed by atoms with Crippen LogP contribution >= 0.6 is 11.3 Å². The SMILES string of the molecule is Cc1cc(C)c2nc(C)cc(C(=O)N(C)C(C)c3cncs3)c2c1. The van der Waals surface area contributed by atoms with Gasteiger partial charge in [0.2, 0.25) is 0 Å². The highest BCUT2D eigenvalue weighted by Crippen LogP contribution is 2.28. The van der Waals surface area contributed by atoms with Gasteiger partial charge in [0.15, 0.2) is 0 Å². The monoisotopic (exact) mass is 339 g/mol. The zero-order valence-electron chi connectivity index (χ0n) is 14.6. The van der Waals surface area contributed by atoms with Crippen molar-refractivity contribution in [2.45, 2.75) is 33.7 Å². The Morgan fingerprint density at radius 3 is 2.62 bits per heavy atom. The average Bonchev–Trinajstić information content (AvgIpc) is 3.07. The van der Waals surface area contributed by atoms with E-state index in [9.17, 15) is 4.79 Å². The molecule has 24 heavy (non-hydrogen) atoms. The van der Waals surface area contributed by atoms with Crippen LogP contribution in [0, 0.1) is 20.8 Å². The number of fused-ring (bicyclic) bond motifs is 1. The third-order valence-electron chi connectivity index (χ3n) is 4.37.